The van der Waals surface area contributed by atoms with E-state index in [0.29, 0.717) is 12.8 Å². The highest BCUT2D eigenvalue weighted by molar-refractivity contribution is 7.19. The van der Waals surface area contributed by atoms with Gasteiger partial charge >= 0.3 is 5.97 Å². The molecule has 1 aliphatic carbocycles. The predicted octanol–water partition coefficient (Wildman–Crippen LogP) is 2.70. The van der Waals surface area contributed by atoms with Gasteiger partial charge in [-0.3, -0.25) is 4.79 Å². The fourth-order valence-corrected chi connectivity index (χ4v) is 3.57. The van der Waals surface area contributed by atoms with Crippen molar-refractivity contribution in [2.75, 3.05) is 0 Å². The summed E-state index contributed by atoms with van der Waals surface area (Å²) < 4.78 is 1.28. The molecule has 76 valence electrons. The Morgan fingerprint density at radius 1 is 1.33 bits per heavy atom. The van der Waals surface area contributed by atoms with Crippen molar-refractivity contribution in [3.05, 3.63) is 34.7 Å². The summed E-state index contributed by atoms with van der Waals surface area (Å²) in [6, 6.07) is 8.25. The summed E-state index contributed by atoms with van der Waals surface area (Å²) in [5.41, 5.74) is 1.27. The summed E-state index contributed by atoms with van der Waals surface area (Å²) in [5.74, 6) is -0.863. The molecule has 0 spiro atoms. The van der Waals surface area contributed by atoms with E-state index in [-0.39, 0.29) is 5.92 Å². The third-order valence-corrected chi connectivity index (χ3v) is 4.25. The Hall–Kier alpha value is -1.35. The van der Waals surface area contributed by atoms with Crippen molar-refractivity contribution in [1.82, 2.24) is 0 Å². The van der Waals surface area contributed by atoms with E-state index in [9.17, 15) is 4.79 Å². The molecule has 1 N–H and O–H groups in total. The van der Waals surface area contributed by atoms with E-state index in [1.807, 2.05) is 12.1 Å². The zero-order valence-electron chi connectivity index (χ0n) is 8.06. The lowest BCUT2D eigenvalue weighted by molar-refractivity contribution is -0.141. The minimum Gasteiger partial charge on any atom is -0.481 e. The number of thiophene rings is 1. The first-order valence-electron chi connectivity index (χ1n) is 4.98. The van der Waals surface area contributed by atoms with E-state index in [0.717, 1.165) is 0 Å². The number of aliphatic carboxylic acids is 1. The van der Waals surface area contributed by atoms with Crippen molar-refractivity contribution in [1.29, 1.82) is 0 Å². The van der Waals surface area contributed by atoms with Crippen LogP contribution in [0.2, 0.25) is 0 Å². The second kappa shape index (κ2) is 3.07. The highest BCUT2D eigenvalue weighted by Gasteiger charge is 2.30. The number of benzene rings is 1. The van der Waals surface area contributed by atoms with Crippen molar-refractivity contribution in [2.24, 2.45) is 5.92 Å². The molecule has 0 saturated carbocycles. The van der Waals surface area contributed by atoms with Crippen LogP contribution in [0.1, 0.15) is 10.4 Å². The first-order chi connectivity index (χ1) is 7.25. The molecule has 1 aromatic carbocycles. The monoisotopic (exact) mass is 218 g/mol. The van der Waals surface area contributed by atoms with E-state index in [2.05, 4.69) is 12.1 Å². The van der Waals surface area contributed by atoms with Crippen LogP contribution in [0.15, 0.2) is 24.3 Å². The molecule has 0 radical (unpaired) electrons. The number of rotatable bonds is 1. The maximum absolute atomic E-state index is 10.9. The zero-order valence-corrected chi connectivity index (χ0v) is 8.88. The van der Waals surface area contributed by atoms with Crippen LogP contribution in [0.5, 0.6) is 0 Å². The SMILES string of the molecule is O=C(O)C1Cc2sc3ccccc3c2C1. The lowest BCUT2D eigenvalue weighted by Crippen LogP contribution is -2.13. The second-order valence-electron chi connectivity index (χ2n) is 3.94. The third-order valence-electron chi connectivity index (χ3n) is 3.01. The van der Waals surface area contributed by atoms with Crippen LogP contribution in [-0.4, -0.2) is 11.1 Å². The van der Waals surface area contributed by atoms with Gasteiger partial charge in [-0.2, -0.15) is 0 Å². The number of carboxylic acids is 1. The summed E-state index contributed by atoms with van der Waals surface area (Å²) in [6.45, 7) is 0. The van der Waals surface area contributed by atoms with Gasteiger partial charge in [0, 0.05) is 9.58 Å². The lowest BCUT2D eigenvalue weighted by Gasteiger charge is -2.01. The molecule has 0 bridgehead atoms. The minimum absolute atomic E-state index is 0.198. The third kappa shape index (κ3) is 1.27. The Morgan fingerprint density at radius 2 is 2.13 bits per heavy atom. The smallest absolute Gasteiger partial charge is 0.307 e. The minimum atomic E-state index is -0.664. The molecule has 1 aromatic heterocycles. The topological polar surface area (TPSA) is 37.3 Å². The molecule has 3 rings (SSSR count). The quantitative estimate of drug-likeness (QED) is 0.799. The Labute approximate surface area is 91.2 Å². The Bertz CT molecular complexity index is 542. The Balaban J connectivity index is 2.12. The second-order valence-corrected chi connectivity index (χ2v) is 5.08. The Morgan fingerprint density at radius 3 is 2.93 bits per heavy atom. The molecule has 15 heavy (non-hydrogen) atoms. The van der Waals surface area contributed by atoms with Gasteiger partial charge in [0.1, 0.15) is 0 Å². The molecule has 1 heterocycles. The molecule has 1 aliphatic rings. The highest BCUT2D eigenvalue weighted by atomic mass is 32.1. The summed E-state index contributed by atoms with van der Waals surface area (Å²) in [6.07, 6.45) is 1.42. The average molecular weight is 218 g/mol. The molecular formula is C12H10O2S. The predicted molar refractivity (Wildman–Crippen MR) is 60.4 cm³/mol. The van der Waals surface area contributed by atoms with Crippen molar-refractivity contribution in [3.63, 3.8) is 0 Å². The van der Waals surface area contributed by atoms with E-state index in [1.165, 1.54) is 20.5 Å². The summed E-state index contributed by atoms with van der Waals surface area (Å²) in [7, 11) is 0. The van der Waals surface area contributed by atoms with Crippen LogP contribution in [0.4, 0.5) is 0 Å². The molecule has 0 fully saturated rings. The first-order valence-corrected chi connectivity index (χ1v) is 5.79. The van der Waals surface area contributed by atoms with Crippen LogP contribution >= 0.6 is 11.3 Å². The number of carboxylic acid groups (broad SMARTS) is 1. The van der Waals surface area contributed by atoms with Gasteiger partial charge in [0.2, 0.25) is 0 Å². The zero-order chi connectivity index (χ0) is 10.4. The van der Waals surface area contributed by atoms with Gasteiger partial charge in [-0.1, -0.05) is 18.2 Å². The van der Waals surface area contributed by atoms with E-state index >= 15 is 0 Å². The molecule has 2 nitrogen and oxygen atoms in total. The van der Waals surface area contributed by atoms with Crippen LogP contribution in [0.3, 0.4) is 0 Å². The van der Waals surface area contributed by atoms with Gasteiger partial charge in [0.15, 0.2) is 0 Å². The molecule has 1 atom stereocenters. The van der Waals surface area contributed by atoms with Crippen LogP contribution in [0.25, 0.3) is 10.1 Å². The molecule has 3 heteroatoms. The van der Waals surface area contributed by atoms with E-state index < -0.39 is 5.97 Å². The van der Waals surface area contributed by atoms with Crippen molar-refractivity contribution < 1.29 is 9.90 Å². The normalized spacial score (nSPS) is 19.3. The summed E-state index contributed by atoms with van der Waals surface area (Å²) in [5, 5.41) is 10.2. The fourth-order valence-electron chi connectivity index (χ4n) is 2.26. The van der Waals surface area contributed by atoms with Crippen LogP contribution in [0, 0.1) is 5.92 Å². The van der Waals surface area contributed by atoms with Crippen LogP contribution in [-0.2, 0) is 17.6 Å². The standard InChI is InChI=1S/C12H10O2S/c13-12(14)7-5-9-8-3-1-2-4-10(8)15-11(9)6-7/h1-4,7H,5-6H2,(H,13,14). The number of carbonyl (C=O) groups is 1. The Kier molecular flexibility index (Phi) is 1.83. The van der Waals surface area contributed by atoms with Crippen molar-refractivity contribution >= 4 is 27.4 Å². The van der Waals surface area contributed by atoms with Gasteiger partial charge in [0.05, 0.1) is 5.92 Å². The van der Waals surface area contributed by atoms with Gasteiger partial charge in [0.25, 0.3) is 0 Å². The molecule has 0 saturated heterocycles. The van der Waals surface area contributed by atoms with Gasteiger partial charge in [-0.15, -0.1) is 11.3 Å². The summed E-state index contributed by atoms with van der Waals surface area (Å²) >= 11 is 1.74. The molecule has 2 aromatic rings. The van der Waals surface area contributed by atoms with Crippen LogP contribution < -0.4 is 0 Å². The number of hydrogen-bond donors (Lipinski definition) is 1. The lowest BCUT2D eigenvalue weighted by atomic mass is 10.1. The number of hydrogen-bond acceptors (Lipinski definition) is 2. The molecule has 0 amide bonds. The van der Waals surface area contributed by atoms with Gasteiger partial charge in [-0.25, -0.2) is 0 Å². The molecule has 0 aliphatic heterocycles. The van der Waals surface area contributed by atoms with E-state index in [4.69, 9.17) is 5.11 Å². The largest absolute Gasteiger partial charge is 0.481 e. The fraction of sp³-hybridized carbons (Fsp3) is 0.250. The maximum Gasteiger partial charge on any atom is 0.307 e. The maximum atomic E-state index is 10.9. The van der Waals surface area contributed by atoms with Crippen molar-refractivity contribution in [2.45, 2.75) is 12.8 Å². The average Bonchev–Trinajstić information content (AvgIpc) is 2.73. The first kappa shape index (κ1) is 8.92. The van der Waals surface area contributed by atoms with E-state index in [1.54, 1.807) is 11.3 Å². The number of fused-ring (bicyclic) bond motifs is 3. The summed E-state index contributed by atoms with van der Waals surface area (Å²) in [4.78, 5) is 12.2. The van der Waals surface area contributed by atoms with Gasteiger partial charge < -0.3 is 5.11 Å². The van der Waals surface area contributed by atoms with Crippen molar-refractivity contribution in [3.8, 4) is 0 Å². The van der Waals surface area contributed by atoms with Gasteiger partial charge in [-0.05, 0) is 29.9 Å². The highest BCUT2D eigenvalue weighted by Crippen LogP contribution is 2.39. The molecule has 1 unspecified atom stereocenters. The molecular weight excluding hydrogens is 208 g/mol.